The van der Waals surface area contributed by atoms with Crippen molar-refractivity contribution in [3.05, 3.63) is 59.7 Å². The Balaban J connectivity index is 2.21. The Labute approximate surface area is 150 Å². The van der Waals surface area contributed by atoms with Gasteiger partial charge in [-0.3, -0.25) is 0 Å². The number of oxime groups is 2. The Kier molecular flexibility index (Phi) is 5.94. The standard InChI is InChI=1S/C18H24N2O3Si2/c1-24(2,17-9-5-15(6-10-17)13-19-21)23-25(3,4)18-11-7-16(8-12-18)14-20-22/h5-14,21-22H,1-4H3. The van der Waals surface area contributed by atoms with E-state index in [1.54, 1.807) is 0 Å². The first-order chi connectivity index (χ1) is 11.8. The maximum absolute atomic E-state index is 8.62. The van der Waals surface area contributed by atoms with E-state index in [2.05, 4.69) is 60.8 Å². The third kappa shape index (κ3) is 4.88. The molecule has 0 saturated heterocycles. The van der Waals surface area contributed by atoms with Crippen LogP contribution in [-0.2, 0) is 4.12 Å². The van der Waals surface area contributed by atoms with Crippen molar-refractivity contribution in [2.24, 2.45) is 10.3 Å². The molecule has 0 aliphatic carbocycles. The molecule has 2 aromatic rings. The lowest BCUT2D eigenvalue weighted by atomic mass is 10.2. The van der Waals surface area contributed by atoms with Crippen molar-refractivity contribution in [1.29, 1.82) is 0 Å². The van der Waals surface area contributed by atoms with Crippen LogP contribution in [0, 0.1) is 0 Å². The van der Waals surface area contributed by atoms with Crippen molar-refractivity contribution in [2.45, 2.75) is 26.2 Å². The zero-order chi connectivity index (χ0) is 18.5. The Morgan fingerprint density at radius 2 is 1.00 bits per heavy atom. The van der Waals surface area contributed by atoms with Gasteiger partial charge in [0, 0.05) is 0 Å². The van der Waals surface area contributed by atoms with Gasteiger partial charge in [0.1, 0.15) is 0 Å². The Hall–Kier alpha value is -2.23. The predicted molar refractivity (Wildman–Crippen MR) is 107 cm³/mol. The lowest BCUT2D eigenvalue weighted by molar-refractivity contribution is 0.321. The third-order valence-electron chi connectivity index (χ3n) is 4.14. The SMILES string of the molecule is C[Si](C)(O[Si](C)(C)c1ccc(C=NO)cc1)c1ccc(C=NO)cc1. The molecule has 132 valence electrons. The summed E-state index contributed by atoms with van der Waals surface area (Å²) in [6, 6.07) is 15.9. The van der Waals surface area contributed by atoms with Gasteiger partial charge in [0.25, 0.3) is 0 Å². The topological polar surface area (TPSA) is 74.4 Å². The van der Waals surface area contributed by atoms with Crippen molar-refractivity contribution in [3.63, 3.8) is 0 Å². The molecule has 2 aromatic carbocycles. The summed E-state index contributed by atoms with van der Waals surface area (Å²) >= 11 is 0. The van der Waals surface area contributed by atoms with Crippen LogP contribution in [-0.4, -0.2) is 39.5 Å². The quantitative estimate of drug-likeness (QED) is 0.354. The zero-order valence-electron chi connectivity index (χ0n) is 15.0. The van der Waals surface area contributed by atoms with Gasteiger partial charge in [0.15, 0.2) is 0 Å². The molecular formula is C18H24N2O3Si2. The first-order valence-corrected chi connectivity index (χ1v) is 13.9. The van der Waals surface area contributed by atoms with Gasteiger partial charge in [-0.15, -0.1) is 0 Å². The first-order valence-electron chi connectivity index (χ1n) is 8.04. The van der Waals surface area contributed by atoms with Crippen molar-refractivity contribution >= 4 is 39.4 Å². The van der Waals surface area contributed by atoms with Crippen LogP contribution in [0.3, 0.4) is 0 Å². The van der Waals surface area contributed by atoms with E-state index >= 15 is 0 Å². The highest BCUT2D eigenvalue weighted by atomic mass is 28.4. The molecule has 0 heterocycles. The summed E-state index contributed by atoms with van der Waals surface area (Å²) in [6.07, 6.45) is 2.82. The summed E-state index contributed by atoms with van der Waals surface area (Å²) in [5.74, 6) is 0. The number of hydrogen-bond acceptors (Lipinski definition) is 5. The Bertz CT molecular complexity index is 689. The molecule has 0 saturated carbocycles. The number of nitrogens with zero attached hydrogens (tertiary/aromatic N) is 2. The van der Waals surface area contributed by atoms with Crippen LogP contribution in [0.5, 0.6) is 0 Å². The lowest BCUT2D eigenvalue weighted by Crippen LogP contribution is -2.57. The molecule has 2 N–H and O–H groups in total. The summed E-state index contributed by atoms with van der Waals surface area (Å²) in [4.78, 5) is 0. The van der Waals surface area contributed by atoms with Gasteiger partial charge < -0.3 is 14.5 Å². The van der Waals surface area contributed by atoms with Crippen molar-refractivity contribution in [3.8, 4) is 0 Å². The fourth-order valence-electron chi connectivity index (χ4n) is 2.83. The second-order valence-electron chi connectivity index (χ2n) is 6.86. The minimum Gasteiger partial charge on any atom is -0.449 e. The molecular weight excluding hydrogens is 348 g/mol. The van der Waals surface area contributed by atoms with Crippen LogP contribution >= 0.6 is 0 Å². The maximum atomic E-state index is 8.62. The van der Waals surface area contributed by atoms with E-state index in [1.165, 1.54) is 22.8 Å². The summed E-state index contributed by atoms with van der Waals surface area (Å²) in [6.45, 7) is 8.79. The molecule has 0 spiro atoms. The largest absolute Gasteiger partial charge is 0.449 e. The molecule has 0 fully saturated rings. The predicted octanol–water partition coefficient (Wildman–Crippen LogP) is 2.84. The van der Waals surface area contributed by atoms with E-state index in [-0.39, 0.29) is 0 Å². The second-order valence-corrected chi connectivity index (χ2v) is 14.9. The molecule has 2 rings (SSSR count). The molecule has 0 radical (unpaired) electrons. The average Bonchev–Trinajstić information content (AvgIpc) is 2.55. The second kappa shape index (κ2) is 7.77. The monoisotopic (exact) mass is 372 g/mol. The van der Waals surface area contributed by atoms with E-state index in [9.17, 15) is 0 Å². The van der Waals surface area contributed by atoms with Crippen LogP contribution in [0.15, 0.2) is 58.8 Å². The van der Waals surface area contributed by atoms with Crippen molar-refractivity contribution < 1.29 is 14.5 Å². The molecule has 0 atom stereocenters. The zero-order valence-corrected chi connectivity index (χ0v) is 17.0. The first kappa shape index (κ1) is 19.1. The highest BCUT2D eigenvalue weighted by molar-refractivity contribution is 6.96. The maximum Gasteiger partial charge on any atom is 0.206 e. The highest BCUT2D eigenvalue weighted by Crippen LogP contribution is 2.16. The molecule has 5 nitrogen and oxygen atoms in total. The molecule has 0 aliphatic rings. The smallest absolute Gasteiger partial charge is 0.206 e. The van der Waals surface area contributed by atoms with E-state index < -0.39 is 16.6 Å². The van der Waals surface area contributed by atoms with Crippen molar-refractivity contribution in [1.82, 2.24) is 0 Å². The van der Waals surface area contributed by atoms with Gasteiger partial charge in [-0.1, -0.05) is 58.8 Å². The molecule has 0 bridgehead atoms. The minimum atomic E-state index is -2.08. The summed E-state index contributed by atoms with van der Waals surface area (Å²) in [5.41, 5.74) is 1.71. The van der Waals surface area contributed by atoms with E-state index in [4.69, 9.17) is 14.5 Å². The molecule has 25 heavy (non-hydrogen) atoms. The van der Waals surface area contributed by atoms with Crippen LogP contribution < -0.4 is 10.4 Å². The lowest BCUT2D eigenvalue weighted by Gasteiger charge is -2.34. The molecule has 0 aliphatic heterocycles. The van der Waals surface area contributed by atoms with Crippen LogP contribution in [0.4, 0.5) is 0 Å². The highest BCUT2D eigenvalue weighted by Gasteiger charge is 2.35. The summed E-state index contributed by atoms with van der Waals surface area (Å²) < 4.78 is 6.71. The van der Waals surface area contributed by atoms with Gasteiger partial charge >= 0.3 is 0 Å². The van der Waals surface area contributed by atoms with Crippen LogP contribution in [0.1, 0.15) is 11.1 Å². The van der Waals surface area contributed by atoms with Gasteiger partial charge in [-0.25, -0.2) is 0 Å². The number of benzene rings is 2. The number of hydrogen-bond donors (Lipinski definition) is 2. The van der Waals surface area contributed by atoms with Gasteiger partial charge in [0.05, 0.1) is 12.4 Å². The summed E-state index contributed by atoms with van der Waals surface area (Å²) in [7, 11) is -4.17. The Morgan fingerprint density at radius 1 is 0.680 bits per heavy atom. The average molecular weight is 373 g/mol. The van der Waals surface area contributed by atoms with E-state index in [0.29, 0.717) is 0 Å². The fourth-order valence-corrected chi connectivity index (χ4v) is 10.8. The van der Waals surface area contributed by atoms with Gasteiger partial charge in [-0.05, 0) is 47.7 Å². The molecule has 0 amide bonds. The van der Waals surface area contributed by atoms with Gasteiger partial charge in [0.2, 0.25) is 16.6 Å². The summed E-state index contributed by atoms with van der Waals surface area (Å²) in [5, 5.41) is 25.7. The van der Waals surface area contributed by atoms with E-state index in [1.807, 2.05) is 24.3 Å². The van der Waals surface area contributed by atoms with Crippen LogP contribution in [0.2, 0.25) is 26.2 Å². The normalized spacial score (nSPS) is 13.0. The molecule has 0 unspecified atom stereocenters. The van der Waals surface area contributed by atoms with Gasteiger partial charge in [-0.2, -0.15) is 0 Å². The van der Waals surface area contributed by atoms with Crippen molar-refractivity contribution in [2.75, 3.05) is 0 Å². The van der Waals surface area contributed by atoms with E-state index in [0.717, 1.165) is 11.1 Å². The third-order valence-corrected chi connectivity index (χ3v) is 11.7. The van der Waals surface area contributed by atoms with Crippen LogP contribution in [0.25, 0.3) is 0 Å². The fraction of sp³-hybridized carbons (Fsp3) is 0.222. The minimum absolute atomic E-state index is 0.855. The Morgan fingerprint density at radius 3 is 1.28 bits per heavy atom. The number of rotatable bonds is 6. The molecule has 7 heteroatoms. The molecule has 0 aromatic heterocycles.